The van der Waals surface area contributed by atoms with Gasteiger partial charge in [-0.25, -0.2) is 18.6 Å². The zero-order chi connectivity index (χ0) is 25.4. The van der Waals surface area contributed by atoms with Gasteiger partial charge in [0.05, 0.1) is 0 Å². The minimum absolute atomic E-state index is 0.0849. The van der Waals surface area contributed by atoms with Crippen LogP contribution in [0.15, 0.2) is 48.7 Å². The van der Waals surface area contributed by atoms with Gasteiger partial charge < -0.3 is 14.4 Å². The van der Waals surface area contributed by atoms with E-state index in [4.69, 9.17) is 9.47 Å². The summed E-state index contributed by atoms with van der Waals surface area (Å²) in [4.78, 5) is 18.6. The van der Waals surface area contributed by atoms with Gasteiger partial charge in [0.2, 0.25) is 0 Å². The summed E-state index contributed by atoms with van der Waals surface area (Å²) >= 11 is 0. The predicted octanol–water partition coefficient (Wildman–Crippen LogP) is 5.20. The van der Waals surface area contributed by atoms with E-state index in [0.717, 1.165) is 0 Å². The Morgan fingerprint density at radius 2 is 1.89 bits per heavy atom. The molecule has 1 saturated heterocycles. The number of pyridine rings is 2. The highest BCUT2D eigenvalue weighted by Crippen LogP contribution is 2.31. The summed E-state index contributed by atoms with van der Waals surface area (Å²) in [7, 11) is 0. The standard InChI is InChI=1S/C26H27F2N5O3/c1-26(2,3)36-25(34)32-12-9-18(28)20(10-13-32)35-21-15-17(27)14-16-7-8-19(29-23(16)21)24-31-30-22-6-4-5-11-33(22)24/h4-8,11,14-15,18,20H,9-10,12-13H2,1-3H3/t18-,20-/m0/s1. The summed E-state index contributed by atoms with van der Waals surface area (Å²) in [5.74, 6) is 0.145. The summed E-state index contributed by atoms with van der Waals surface area (Å²) < 4.78 is 42.8. The van der Waals surface area contributed by atoms with E-state index in [-0.39, 0.29) is 31.7 Å². The van der Waals surface area contributed by atoms with Crippen LogP contribution in [0.1, 0.15) is 33.6 Å². The van der Waals surface area contributed by atoms with Gasteiger partial charge in [-0.15, -0.1) is 10.2 Å². The molecule has 1 fully saturated rings. The lowest BCUT2D eigenvalue weighted by atomic mass is 10.1. The Kier molecular flexibility index (Phi) is 6.19. The second kappa shape index (κ2) is 9.33. The maximum absolute atomic E-state index is 15.1. The maximum atomic E-state index is 15.1. The summed E-state index contributed by atoms with van der Waals surface area (Å²) in [5, 5.41) is 8.91. The topological polar surface area (TPSA) is 81.8 Å². The number of hydrogen-bond acceptors (Lipinski definition) is 6. The highest BCUT2D eigenvalue weighted by Gasteiger charge is 2.32. The molecule has 1 aliphatic rings. The number of halogens is 2. The van der Waals surface area contributed by atoms with Gasteiger partial charge in [-0.3, -0.25) is 4.40 Å². The lowest BCUT2D eigenvalue weighted by Gasteiger charge is -2.26. The van der Waals surface area contributed by atoms with Crippen molar-refractivity contribution in [2.45, 2.75) is 51.5 Å². The van der Waals surface area contributed by atoms with E-state index in [1.54, 1.807) is 37.3 Å². The van der Waals surface area contributed by atoms with E-state index in [1.807, 2.05) is 24.4 Å². The minimum atomic E-state index is -1.35. The summed E-state index contributed by atoms with van der Waals surface area (Å²) in [6.45, 7) is 5.82. The van der Waals surface area contributed by atoms with Gasteiger partial charge >= 0.3 is 6.09 Å². The molecule has 0 unspecified atom stereocenters. The number of rotatable bonds is 3. The molecule has 4 heterocycles. The van der Waals surface area contributed by atoms with Crippen LogP contribution in [0.3, 0.4) is 0 Å². The number of benzene rings is 1. The predicted molar refractivity (Wildman–Crippen MR) is 130 cm³/mol. The first-order valence-electron chi connectivity index (χ1n) is 11.9. The van der Waals surface area contributed by atoms with Crippen molar-refractivity contribution < 1.29 is 23.0 Å². The molecule has 0 bridgehead atoms. The molecule has 1 amide bonds. The van der Waals surface area contributed by atoms with Gasteiger partial charge in [-0.2, -0.15) is 0 Å². The highest BCUT2D eigenvalue weighted by atomic mass is 19.1. The summed E-state index contributed by atoms with van der Waals surface area (Å²) in [6.07, 6.45) is -0.567. The van der Waals surface area contributed by atoms with E-state index < -0.39 is 29.8 Å². The fraction of sp³-hybridized carbons (Fsp3) is 0.385. The van der Waals surface area contributed by atoms with Crippen LogP contribution in [0.25, 0.3) is 28.1 Å². The summed E-state index contributed by atoms with van der Waals surface area (Å²) in [5.41, 5.74) is 0.931. The number of aromatic nitrogens is 4. The Morgan fingerprint density at radius 1 is 1.08 bits per heavy atom. The third kappa shape index (κ3) is 4.93. The van der Waals surface area contributed by atoms with E-state index >= 15 is 4.39 Å². The maximum Gasteiger partial charge on any atom is 0.410 e. The van der Waals surface area contributed by atoms with Crippen molar-refractivity contribution >= 4 is 22.6 Å². The number of carbonyl (C=O) groups excluding carboxylic acids is 1. The van der Waals surface area contributed by atoms with E-state index in [9.17, 15) is 9.18 Å². The molecule has 0 spiro atoms. The van der Waals surface area contributed by atoms with Gasteiger partial charge in [0.25, 0.3) is 0 Å². The van der Waals surface area contributed by atoms with Crippen LogP contribution in [-0.2, 0) is 4.74 Å². The average Bonchev–Trinajstić information content (AvgIpc) is 3.17. The molecule has 3 aromatic heterocycles. The smallest absolute Gasteiger partial charge is 0.410 e. The van der Waals surface area contributed by atoms with E-state index in [0.29, 0.717) is 28.1 Å². The molecule has 188 valence electrons. The number of likely N-dealkylation sites (tertiary alicyclic amines) is 1. The average molecular weight is 496 g/mol. The molecule has 36 heavy (non-hydrogen) atoms. The Hall–Kier alpha value is -3.82. The molecule has 2 atom stereocenters. The van der Waals surface area contributed by atoms with Crippen LogP contribution in [0.4, 0.5) is 13.6 Å². The van der Waals surface area contributed by atoms with Gasteiger partial charge in [0.1, 0.15) is 40.7 Å². The number of amides is 1. The van der Waals surface area contributed by atoms with Gasteiger partial charge in [-0.05, 0) is 51.5 Å². The first-order valence-corrected chi connectivity index (χ1v) is 11.9. The quantitative estimate of drug-likeness (QED) is 0.389. The van der Waals surface area contributed by atoms with Gasteiger partial charge in [0, 0.05) is 37.2 Å². The van der Waals surface area contributed by atoms with Crippen LogP contribution < -0.4 is 4.74 Å². The first-order chi connectivity index (χ1) is 17.2. The zero-order valence-corrected chi connectivity index (χ0v) is 20.3. The molecular weight excluding hydrogens is 468 g/mol. The van der Waals surface area contributed by atoms with Crippen molar-refractivity contribution in [2.75, 3.05) is 13.1 Å². The van der Waals surface area contributed by atoms with Crippen LogP contribution in [-0.4, -0.2) is 61.5 Å². The van der Waals surface area contributed by atoms with Crippen LogP contribution in [0.2, 0.25) is 0 Å². The van der Waals surface area contributed by atoms with Crippen molar-refractivity contribution in [3.05, 3.63) is 54.5 Å². The SMILES string of the molecule is CC(C)(C)OC(=O)N1CC[C@H](Oc2cc(F)cc3ccc(-c4nnc5ccccn45)nc23)[C@@H](F)CC1. The van der Waals surface area contributed by atoms with Gasteiger partial charge in [-0.1, -0.05) is 12.1 Å². The van der Waals surface area contributed by atoms with Crippen molar-refractivity contribution in [1.82, 2.24) is 24.5 Å². The van der Waals surface area contributed by atoms with E-state index in [1.165, 1.54) is 17.0 Å². The fourth-order valence-corrected chi connectivity index (χ4v) is 4.24. The summed E-state index contributed by atoms with van der Waals surface area (Å²) in [6, 6.07) is 11.6. The second-order valence-electron chi connectivity index (χ2n) is 9.84. The normalized spacial score (nSPS) is 18.9. The van der Waals surface area contributed by atoms with Crippen LogP contribution in [0.5, 0.6) is 5.75 Å². The number of nitrogens with zero attached hydrogens (tertiary/aromatic N) is 5. The molecule has 1 aromatic carbocycles. The number of fused-ring (bicyclic) bond motifs is 2. The number of alkyl halides is 1. The highest BCUT2D eigenvalue weighted by molar-refractivity contribution is 5.86. The molecular formula is C26H27F2N5O3. The number of carbonyl (C=O) groups is 1. The lowest BCUT2D eigenvalue weighted by Crippen LogP contribution is -2.37. The Labute approximate surface area is 206 Å². The van der Waals surface area contributed by atoms with Crippen molar-refractivity contribution in [3.63, 3.8) is 0 Å². The largest absolute Gasteiger partial charge is 0.485 e. The molecule has 0 aliphatic carbocycles. The molecule has 0 radical (unpaired) electrons. The first kappa shape index (κ1) is 23.9. The lowest BCUT2D eigenvalue weighted by molar-refractivity contribution is 0.0252. The third-order valence-electron chi connectivity index (χ3n) is 5.96. The van der Waals surface area contributed by atoms with Gasteiger partial charge in [0.15, 0.2) is 11.5 Å². The Balaban J connectivity index is 1.43. The Morgan fingerprint density at radius 3 is 2.69 bits per heavy atom. The van der Waals surface area contributed by atoms with Crippen molar-refractivity contribution in [3.8, 4) is 17.3 Å². The van der Waals surface area contributed by atoms with Crippen LogP contribution in [0, 0.1) is 5.82 Å². The minimum Gasteiger partial charge on any atom is -0.485 e. The van der Waals surface area contributed by atoms with Crippen molar-refractivity contribution in [2.24, 2.45) is 0 Å². The Bertz CT molecular complexity index is 1420. The van der Waals surface area contributed by atoms with E-state index in [2.05, 4.69) is 15.2 Å². The van der Waals surface area contributed by atoms with Crippen LogP contribution >= 0.6 is 0 Å². The molecule has 0 saturated carbocycles. The molecule has 8 nitrogen and oxygen atoms in total. The monoisotopic (exact) mass is 495 g/mol. The molecule has 0 N–H and O–H groups in total. The molecule has 4 aromatic rings. The molecule has 5 rings (SSSR count). The molecule has 10 heteroatoms. The van der Waals surface area contributed by atoms with Crippen molar-refractivity contribution in [1.29, 1.82) is 0 Å². The molecule has 1 aliphatic heterocycles. The number of hydrogen-bond donors (Lipinski definition) is 0. The third-order valence-corrected chi connectivity index (χ3v) is 5.96. The number of ether oxygens (including phenoxy) is 2. The fourth-order valence-electron chi connectivity index (χ4n) is 4.24. The zero-order valence-electron chi connectivity index (χ0n) is 20.3. The second-order valence-corrected chi connectivity index (χ2v) is 9.84.